The summed E-state index contributed by atoms with van der Waals surface area (Å²) in [4.78, 5) is 25.7. The maximum Gasteiger partial charge on any atom is 0.416 e. The van der Waals surface area contributed by atoms with Gasteiger partial charge in [0.2, 0.25) is 5.95 Å². The maximum atomic E-state index is 13.0. The van der Waals surface area contributed by atoms with Crippen molar-refractivity contribution >= 4 is 29.0 Å². The molecule has 190 valence electrons. The lowest BCUT2D eigenvalue weighted by Gasteiger charge is -2.37. The number of fused-ring (bicyclic) bond motifs is 1. The largest absolute Gasteiger partial charge is 0.416 e. The van der Waals surface area contributed by atoms with Gasteiger partial charge in [0, 0.05) is 48.3 Å². The number of aliphatic hydroxyl groups excluding tert-OH is 1. The molecule has 2 heterocycles. The van der Waals surface area contributed by atoms with Gasteiger partial charge >= 0.3 is 6.18 Å². The third-order valence-corrected chi connectivity index (χ3v) is 5.86. The van der Waals surface area contributed by atoms with Crippen LogP contribution in [0.1, 0.15) is 34.0 Å². The molecular weight excluding hydrogens is 473 g/mol. The second-order valence-electron chi connectivity index (χ2n) is 8.84. The maximum absolute atomic E-state index is 13.0. The fraction of sp³-hybridized carbons (Fsp3) is 0.320. The third kappa shape index (κ3) is 5.51. The Kier molecular flexibility index (Phi) is 7.02. The summed E-state index contributed by atoms with van der Waals surface area (Å²) in [6.45, 7) is 4.79. The standard InChI is InChI=1S/C25H27F3N6O2/c1-15-7-8-20(31-23(36)17-5-4-6-19(9-17)25(26,27)28)10-21(15)34-12-18-11-29-24(30-16(2)13-35)32-22(18)33(3)14-34/h4-11,16,35H,12-14H2,1-3H3,(H,31,36)(H,29,30,32)/t16-/m1/s1. The predicted molar refractivity (Wildman–Crippen MR) is 132 cm³/mol. The van der Waals surface area contributed by atoms with Crippen LogP contribution in [0.4, 0.5) is 36.3 Å². The fourth-order valence-electron chi connectivity index (χ4n) is 3.98. The Morgan fingerprint density at radius 1 is 1.22 bits per heavy atom. The van der Waals surface area contributed by atoms with Crippen molar-refractivity contribution in [2.45, 2.75) is 32.6 Å². The fourth-order valence-corrected chi connectivity index (χ4v) is 3.98. The van der Waals surface area contributed by atoms with E-state index in [-0.39, 0.29) is 18.2 Å². The van der Waals surface area contributed by atoms with E-state index >= 15 is 0 Å². The second kappa shape index (κ2) is 10.0. The Morgan fingerprint density at radius 2 is 2.00 bits per heavy atom. The Bertz CT molecular complexity index is 1270. The van der Waals surface area contributed by atoms with E-state index in [4.69, 9.17) is 0 Å². The van der Waals surface area contributed by atoms with Crippen molar-refractivity contribution < 1.29 is 23.1 Å². The average Bonchev–Trinajstić information content (AvgIpc) is 2.85. The van der Waals surface area contributed by atoms with Crippen molar-refractivity contribution in [1.82, 2.24) is 9.97 Å². The number of nitrogens with one attached hydrogen (secondary N) is 2. The molecule has 0 aliphatic carbocycles. The minimum Gasteiger partial charge on any atom is -0.394 e. The minimum atomic E-state index is -4.53. The van der Waals surface area contributed by atoms with Crippen molar-refractivity contribution in [3.63, 3.8) is 0 Å². The first kappa shape index (κ1) is 25.2. The van der Waals surface area contributed by atoms with Crippen molar-refractivity contribution in [2.75, 3.05) is 40.8 Å². The summed E-state index contributed by atoms with van der Waals surface area (Å²) in [5.41, 5.74) is 2.27. The van der Waals surface area contributed by atoms with Crippen molar-refractivity contribution in [3.05, 3.63) is 70.9 Å². The summed E-state index contributed by atoms with van der Waals surface area (Å²) in [5, 5.41) is 15.0. The number of carbonyl (C=O) groups is 1. The number of rotatable bonds is 6. The van der Waals surface area contributed by atoms with E-state index in [2.05, 4.69) is 25.5 Å². The van der Waals surface area contributed by atoms with Gasteiger partial charge in [-0.1, -0.05) is 12.1 Å². The van der Waals surface area contributed by atoms with E-state index in [1.54, 1.807) is 18.3 Å². The number of halogens is 3. The minimum absolute atomic E-state index is 0.0377. The average molecular weight is 501 g/mol. The quantitative estimate of drug-likeness (QED) is 0.466. The molecule has 1 aliphatic rings. The number of alkyl halides is 3. The highest BCUT2D eigenvalue weighted by atomic mass is 19.4. The molecule has 11 heteroatoms. The molecule has 0 bridgehead atoms. The van der Waals surface area contributed by atoms with E-state index in [9.17, 15) is 23.1 Å². The van der Waals surface area contributed by atoms with Crippen molar-refractivity contribution in [1.29, 1.82) is 0 Å². The Balaban J connectivity index is 1.53. The van der Waals surface area contributed by atoms with Crippen molar-refractivity contribution in [3.8, 4) is 0 Å². The smallest absolute Gasteiger partial charge is 0.394 e. The lowest BCUT2D eigenvalue weighted by atomic mass is 10.1. The molecule has 1 aromatic heterocycles. The van der Waals surface area contributed by atoms with Gasteiger partial charge in [0.1, 0.15) is 5.82 Å². The SMILES string of the molecule is Cc1ccc(NC(=O)c2cccc(C(F)(F)F)c2)cc1N1Cc2cnc(N[C@H](C)CO)nc2N(C)C1. The van der Waals surface area contributed by atoms with Crippen LogP contribution in [0.5, 0.6) is 0 Å². The highest BCUT2D eigenvalue weighted by Crippen LogP contribution is 2.33. The summed E-state index contributed by atoms with van der Waals surface area (Å²) < 4.78 is 39.1. The van der Waals surface area contributed by atoms with Crippen LogP contribution in [0.25, 0.3) is 0 Å². The lowest BCUT2D eigenvalue weighted by molar-refractivity contribution is -0.137. The molecule has 36 heavy (non-hydrogen) atoms. The first-order valence-electron chi connectivity index (χ1n) is 11.3. The molecule has 2 aromatic carbocycles. The van der Waals surface area contributed by atoms with Crippen LogP contribution < -0.4 is 20.4 Å². The van der Waals surface area contributed by atoms with Gasteiger partial charge in [0.25, 0.3) is 5.91 Å². The van der Waals surface area contributed by atoms with Gasteiger partial charge < -0.3 is 25.5 Å². The monoisotopic (exact) mass is 500 g/mol. The van der Waals surface area contributed by atoms with Crippen LogP contribution in [-0.4, -0.2) is 47.3 Å². The first-order chi connectivity index (χ1) is 17.0. The number of aromatic nitrogens is 2. The molecule has 0 spiro atoms. The lowest BCUT2D eigenvalue weighted by Crippen LogP contribution is -2.41. The zero-order chi connectivity index (χ0) is 26.0. The van der Waals surface area contributed by atoms with Crippen LogP contribution in [-0.2, 0) is 12.7 Å². The molecule has 0 saturated carbocycles. The molecule has 0 fully saturated rings. The van der Waals surface area contributed by atoms with E-state index in [1.165, 1.54) is 12.1 Å². The summed E-state index contributed by atoms with van der Waals surface area (Å²) in [5.74, 6) is 0.592. The highest BCUT2D eigenvalue weighted by Gasteiger charge is 2.31. The number of hydrogen-bond donors (Lipinski definition) is 3. The molecule has 0 radical (unpaired) electrons. The van der Waals surface area contributed by atoms with Gasteiger partial charge in [-0.05, 0) is 49.7 Å². The highest BCUT2D eigenvalue weighted by molar-refractivity contribution is 6.04. The van der Waals surface area contributed by atoms with Crippen LogP contribution in [0.15, 0.2) is 48.7 Å². The van der Waals surface area contributed by atoms with E-state index < -0.39 is 17.6 Å². The van der Waals surface area contributed by atoms with Gasteiger partial charge in [-0.2, -0.15) is 18.2 Å². The van der Waals surface area contributed by atoms with Gasteiger partial charge in [-0.25, -0.2) is 4.98 Å². The molecule has 3 N–H and O–H groups in total. The Labute approximate surface area is 206 Å². The van der Waals surface area contributed by atoms with Gasteiger partial charge in [0.15, 0.2) is 0 Å². The number of benzene rings is 2. The van der Waals surface area contributed by atoms with E-state index in [0.717, 1.165) is 34.8 Å². The zero-order valence-electron chi connectivity index (χ0n) is 20.1. The number of carbonyl (C=O) groups excluding carboxylic acids is 1. The second-order valence-corrected chi connectivity index (χ2v) is 8.84. The molecule has 0 saturated heterocycles. The number of aliphatic hydroxyl groups is 1. The van der Waals surface area contributed by atoms with E-state index in [1.807, 2.05) is 31.9 Å². The zero-order valence-corrected chi connectivity index (χ0v) is 20.1. The summed E-state index contributed by atoms with van der Waals surface area (Å²) in [7, 11) is 1.91. The Morgan fingerprint density at radius 3 is 2.72 bits per heavy atom. The molecule has 3 aromatic rings. The molecule has 1 atom stereocenters. The van der Waals surface area contributed by atoms with Crippen LogP contribution in [0.2, 0.25) is 0 Å². The molecule has 4 rings (SSSR count). The van der Waals surface area contributed by atoms with Crippen molar-refractivity contribution in [2.24, 2.45) is 0 Å². The molecule has 0 unspecified atom stereocenters. The summed E-state index contributed by atoms with van der Waals surface area (Å²) >= 11 is 0. The summed E-state index contributed by atoms with van der Waals surface area (Å²) in [6.07, 6.45) is -2.78. The van der Waals surface area contributed by atoms with Crippen LogP contribution >= 0.6 is 0 Å². The van der Waals surface area contributed by atoms with E-state index in [0.29, 0.717) is 24.8 Å². The summed E-state index contributed by atoms with van der Waals surface area (Å²) in [6, 6.07) is 9.53. The van der Waals surface area contributed by atoms with Gasteiger partial charge in [-0.3, -0.25) is 4.79 Å². The number of amides is 1. The van der Waals surface area contributed by atoms with Gasteiger partial charge in [-0.15, -0.1) is 0 Å². The predicted octanol–water partition coefficient (Wildman–Crippen LogP) is 4.26. The Hall–Kier alpha value is -3.86. The number of nitrogens with zero attached hydrogens (tertiary/aromatic N) is 4. The molecule has 1 aliphatic heterocycles. The van der Waals surface area contributed by atoms with Crippen LogP contribution in [0.3, 0.4) is 0 Å². The molecule has 8 nitrogen and oxygen atoms in total. The number of hydrogen-bond acceptors (Lipinski definition) is 7. The molecular formula is C25H27F3N6O2. The number of anilines is 4. The molecule has 1 amide bonds. The third-order valence-electron chi connectivity index (χ3n) is 5.86. The van der Waals surface area contributed by atoms with Crippen LogP contribution in [0, 0.1) is 6.92 Å². The first-order valence-corrected chi connectivity index (χ1v) is 11.3. The normalized spacial score (nSPS) is 14.3. The van der Waals surface area contributed by atoms with Gasteiger partial charge in [0.05, 0.1) is 18.8 Å². The number of aryl methyl sites for hydroxylation is 1. The topological polar surface area (TPSA) is 93.6 Å².